The Morgan fingerprint density at radius 3 is 2.76 bits per heavy atom. The van der Waals surface area contributed by atoms with Gasteiger partial charge in [-0.15, -0.1) is 0 Å². The predicted molar refractivity (Wildman–Crippen MR) is 81.9 cm³/mol. The quantitative estimate of drug-likeness (QED) is 0.896. The lowest BCUT2D eigenvalue weighted by molar-refractivity contribution is 0.174. The summed E-state index contributed by atoms with van der Waals surface area (Å²) in [6.45, 7) is 2.92. The molecule has 0 bridgehead atoms. The summed E-state index contributed by atoms with van der Waals surface area (Å²) < 4.78 is 24.9. The maximum Gasteiger partial charge on any atom is 0.231 e. The van der Waals surface area contributed by atoms with Crippen molar-refractivity contribution >= 4 is 15.9 Å². The van der Waals surface area contributed by atoms with Crippen molar-refractivity contribution < 1.29 is 13.9 Å². The van der Waals surface area contributed by atoms with Crippen LogP contribution in [0.25, 0.3) is 0 Å². The second-order valence-electron chi connectivity index (χ2n) is 4.95. The van der Waals surface area contributed by atoms with E-state index in [0.29, 0.717) is 6.54 Å². The van der Waals surface area contributed by atoms with Crippen molar-refractivity contribution in [3.05, 3.63) is 57.8 Å². The van der Waals surface area contributed by atoms with Gasteiger partial charge in [-0.25, -0.2) is 4.39 Å². The zero-order valence-electron chi connectivity index (χ0n) is 11.5. The predicted octanol–water partition coefficient (Wildman–Crippen LogP) is 4.17. The van der Waals surface area contributed by atoms with Crippen molar-refractivity contribution in [2.45, 2.75) is 19.5 Å². The summed E-state index contributed by atoms with van der Waals surface area (Å²) >= 11 is 3.53. The summed E-state index contributed by atoms with van der Waals surface area (Å²) in [7, 11) is 0. The van der Waals surface area contributed by atoms with Crippen LogP contribution in [0.15, 0.2) is 40.9 Å². The van der Waals surface area contributed by atoms with Crippen LogP contribution in [0.4, 0.5) is 4.39 Å². The molecule has 0 fully saturated rings. The molecule has 1 heterocycles. The molecule has 2 aromatic rings. The van der Waals surface area contributed by atoms with Gasteiger partial charge in [0.1, 0.15) is 5.82 Å². The molecule has 1 aliphatic rings. The Labute approximate surface area is 131 Å². The molecule has 1 atom stereocenters. The van der Waals surface area contributed by atoms with E-state index in [9.17, 15) is 4.39 Å². The number of fused-ring (bicyclic) bond motifs is 1. The lowest BCUT2D eigenvalue weighted by Gasteiger charge is -2.15. The van der Waals surface area contributed by atoms with Gasteiger partial charge in [0, 0.05) is 17.1 Å². The molecule has 0 unspecified atom stereocenters. The molecule has 21 heavy (non-hydrogen) atoms. The van der Waals surface area contributed by atoms with Gasteiger partial charge in [-0.2, -0.15) is 0 Å². The van der Waals surface area contributed by atoms with Gasteiger partial charge < -0.3 is 14.8 Å². The van der Waals surface area contributed by atoms with Crippen molar-refractivity contribution in [3.8, 4) is 11.5 Å². The van der Waals surface area contributed by atoms with Crippen molar-refractivity contribution in [1.82, 2.24) is 5.32 Å². The highest BCUT2D eigenvalue weighted by atomic mass is 79.9. The summed E-state index contributed by atoms with van der Waals surface area (Å²) in [4.78, 5) is 0. The van der Waals surface area contributed by atoms with Gasteiger partial charge in [0.25, 0.3) is 0 Å². The van der Waals surface area contributed by atoms with Crippen LogP contribution in [0.2, 0.25) is 0 Å². The van der Waals surface area contributed by atoms with E-state index >= 15 is 0 Å². The molecule has 2 aromatic carbocycles. The number of nitrogens with one attached hydrogen (secondary N) is 1. The van der Waals surface area contributed by atoms with Crippen LogP contribution in [-0.2, 0) is 6.54 Å². The molecule has 0 aromatic heterocycles. The third-order valence-corrected chi connectivity index (χ3v) is 4.23. The number of ether oxygens (including phenoxy) is 2. The highest BCUT2D eigenvalue weighted by molar-refractivity contribution is 9.10. The van der Waals surface area contributed by atoms with Gasteiger partial charge >= 0.3 is 0 Å². The summed E-state index contributed by atoms with van der Waals surface area (Å²) in [5.41, 5.74) is 1.99. The maximum atomic E-state index is 13.2. The molecule has 0 amide bonds. The second-order valence-corrected chi connectivity index (χ2v) is 5.81. The number of hydrogen-bond acceptors (Lipinski definition) is 3. The van der Waals surface area contributed by atoms with Crippen molar-refractivity contribution in [2.24, 2.45) is 0 Å². The van der Waals surface area contributed by atoms with Crippen molar-refractivity contribution in [2.75, 3.05) is 6.79 Å². The molecule has 0 saturated heterocycles. The van der Waals surface area contributed by atoms with Crippen LogP contribution in [-0.4, -0.2) is 6.79 Å². The van der Waals surface area contributed by atoms with Crippen LogP contribution in [0.1, 0.15) is 24.1 Å². The average Bonchev–Trinajstić information content (AvgIpc) is 2.91. The Balaban J connectivity index is 1.70. The van der Waals surface area contributed by atoms with Crippen molar-refractivity contribution in [1.29, 1.82) is 0 Å². The van der Waals surface area contributed by atoms with Crippen LogP contribution >= 0.6 is 15.9 Å². The van der Waals surface area contributed by atoms with Gasteiger partial charge in [-0.3, -0.25) is 0 Å². The minimum Gasteiger partial charge on any atom is -0.454 e. The fourth-order valence-electron chi connectivity index (χ4n) is 2.25. The van der Waals surface area contributed by atoms with Crippen LogP contribution in [0.3, 0.4) is 0 Å². The Morgan fingerprint density at radius 1 is 1.24 bits per heavy atom. The third kappa shape index (κ3) is 3.19. The smallest absolute Gasteiger partial charge is 0.231 e. The number of hydrogen-bond donors (Lipinski definition) is 1. The van der Waals surface area contributed by atoms with Crippen LogP contribution in [0, 0.1) is 5.82 Å². The monoisotopic (exact) mass is 351 g/mol. The van der Waals surface area contributed by atoms with Crippen molar-refractivity contribution in [3.63, 3.8) is 0 Å². The van der Waals surface area contributed by atoms with Gasteiger partial charge in [0.2, 0.25) is 6.79 Å². The summed E-state index contributed by atoms with van der Waals surface area (Å²) in [5.74, 6) is 1.29. The van der Waals surface area contributed by atoms with Gasteiger partial charge in [0.15, 0.2) is 11.5 Å². The average molecular weight is 352 g/mol. The minimum atomic E-state index is -0.217. The van der Waals surface area contributed by atoms with Gasteiger partial charge in [0.05, 0.1) is 0 Å². The van der Waals surface area contributed by atoms with E-state index in [2.05, 4.69) is 21.2 Å². The minimum absolute atomic E-state index is 0.0537. The zero-order valence-corrected chi connectivity index (χ0v) is 13.1. The largest absolute Gasteiger partial charge is 0.454 e. The third-order valence-electron chi connectivity index (χ3n) is 3.49. The lowest BCUT2D eigenvalue weighted by Crippen LogP contribution is -2.18. The van der Waals surface area contributed by atoms with Crippen LogP contribution in [0.5, 0.6) is 11.5 Å². The standard InChI is InChI=1S/C16H15BrFNO2/c1-10(11-3-2-4-13(18)5-11)19-8-12-6-15-16(7-14(12)17)21-9-20-15/h2-7,10,19H,8-9H2,1H3/t10-/m0/s1. The van der Waals surface area contributed by atoms with E-state index in [-0.39, 0.29) is 18.7 Å². The molecule has 110 valence electrons. The summed E-state index contributed by atoms with van der Waals surface area (Å²) in [5, 5.41) is 3.38. The Hall–Kier alpha value is -1.59. The number of halogens is 2. The first-order valence-electron chi connectivity index (χ1n) is 6.70. The molecular formula is C16H15BrFNO2. The molecule has 3 rings (SSSR count). The van der Waals surface area contributed by atoms with Gasteiger partial charge in [-0.05, 0) is 42.3 Å². The highest BCUT2D eigenvalue weighted by Crippen LogP contribution is 2.37. The zero-order chi connectivity index (χ0) is 14.8. The molecule has 0 radical (unpaired) electrons. The molecule has 0 spiro atoms. The van der Waals surface area contributed by atoms with E-state index in [4.69, 9.17) is 9.47 Å². The Kier molecular flexibility index (Phi) is 4.12. The molecular weight excluding hydrogens is 337 g/mol. The molecule has 1 N–H and O–H groups in total. The molecule has 0 saturated carbocycles. The lowest BCUT2D eigenvalue weighted by atomic mass is 10.1. The van der Waals surface area contributed by atoms with E-state index < -0.39 is 0 Å². The first kappa shape index (κ1) is 14.4. The van der Waals surface area contributed by atoms with E-state index in [1.165, 1.54) is 6.07 Å². The topological polar surface area (TPSA) is 30.5 Å². The first-order chi connectivity index (χ1) is 10.1. The van der Waals surface area contributed by atoms with E-state index in [0.717, 1.165) is 27.1 Å². The van der Waals surface area contributed by atoms with Gasteiger partial charge in [-0.1, -0.05) is 28.1 Å². The van der Waals surface area contributed by atoms with Crippen LogP contribution < -0.4 is 14.8 Å². The van der Waals surface area contributed by atoms with E-state index in [1.54, 1.807) is 12.1 Å². The fraction of sp³-hybridized carbons (Fsp3) is 0.250. The molecule has 0 aliphatic carbocycles. The maximum absolute atomic E-state index is 13.2. The first-order valence-corrected chi connectivity index (χ1v) is 7.49. The summed E-state index contributed by atoms with van der Waals surface area (Å²) in [6, 6.07) is 10.5. The van der Waals surface area contributed by atoms with E-state index in [1.807, 2.05) is 25.1 Å². The Morgan fingerprint density at radius 2 is 2.00 bits per heavy atom. The molecule has 3 nitrogen and oxygen atoms in total. The highest BCUT2D eigenvalue weighted by Gasteiger charge is 2.16. The number of rotatable bonds is 4. The molecule has 1 aliphatic heterocycles. The fourth-order valence-corrected chi connectivity index (χ4v) is 2.71. The Bertz CT molecular complexity index is 663. The SMILES string of the molecule is C[C@H](NCc1cc2c(cc1Br)OCO2)c1cccc(F)c1. The number of benzene rings is 2. The molecule has 5 heteroatoms. The summed E-state index contributed by atoms with van der Waals surface area (Å²) in [6.07, 6.45) is 0. The normalized spacial score (nSPS) is 14.2. The second kappa shape index (κ2) is 6.03.